The van der Waals surface area contributed by atoms with E-state index in [1.165, 1.54) is 32.4 Å². The summed E-state index contributed by atoms with van der Waals surface area (Å²) in [6.07, 6.45) is 3.59. The van der Waals surface area contributed by atoms with Crippen LogP contribution in [-0.4, -0.2) is 38.8 Å². The summed E-state index contributed by atoms with van der Waals surface area (Å²) < 4.78 is 46.5. The number of nitrogens with zero attached hydrogens (tertiary/aromatic N) is 3. The molecule has 0 aliphatic carbocycles. The lowest BCUT2D eigenvalue weighted by atomic mass is 10.1. The van der Waals surface area contributed by atoms with Crippen molar-refractivity contribution >= 4 is 21.5 Å². The number of piperidine rings is 1. The fourth-order valence-corrected chi connectivity index (χ4v) is 4.79. The highest BCUT2D eigenvalue weighted by molar-refractivity contribution is 7.92. The van der Waals surface area contributed by atoms with Crippen LogP contribution in [0, 0.1) is 5.82 Å². The molecule has 0 unspecified atom stereocenters. The van der Waals surface area contributed by atoms with E-state index in [0.717, 1.165) is 36.6 Å². The molecular weight excluding hydrogens is 419 g/mol. The summed E-state index contributed by atoms with van der Waals surface area (Å²) in [5.74, 6) is 0.273. The van der Waals surface area contributed by atoms with Crippen molar-refractivity contribution in [3.05, 3.63) is 60.4 Å². The fraction of sp³-hybridized carbons (Fsp3) is 0.273. The van der Waals surface area contributed by atoms with Gasteiger partial charge in [0, 0.05) is 24.3 Å². The number of sulfonamides is 1. The zero-order valence-corrected chi connectivity index (χ0v) is 17.9. The molecule has 2 heterocycles. The van der Waals surface area contributed by atoms with Crippen molar-refractivity contribution in [3.8, 4) is 17.0 Å². The van der Waals surface area contributed by atoms with Gasteiger partial charge in [-0.2, -0.15) is 0 Å². The van der Waals surface area contributed by atoms with E-state index < -0.39 is 15.8 Å². The Morgan fingerprint density at radius 1 is 0.968 bits per heavy atom. The number of methoxy groups -OCH3 is 1. The Balaban J connectivity index is 1.50. The molecule has 0 amide bonds. The van der Waals surface area contributed by atoms with Gasteiger partial charge >= 0.3 is 0 Å². The Bertz CT molecular complexity index is 1150. The molecule has 0 radical (unpaired) electrons. The Kier molecular flexibility index (Phi) is 6.03. The fourth-order valence-electron chi connectivity index (χ4n) is 3.55. The molecule has 4 rings (SSSR count). The number of rotatable bonds is 6. The standard InChI is InChI=1S/C22H23FN4O3S/c1-30-20-11-7-17(23)15-21(20)31(28,29)26-18-8-5-16(6-9-18)19-10-12-22(25-24-19)27-13-3-2-4-14-27/h5-12,15,26H,2-4,13-14H2,1H3. The smallest absolute Gasteiger partial charge is 0.265 e. The van der Waals surface area contributed by atoms with Gasteiger partial charge in [-0.3, -0.25) is 4.72 Å². The molecule has 1 aliphatic rings. The Morgan fingerprint density at radius 3 is 2.35 bits per heavy atom. The van der Waals surface area contributed by atoms with E-state index in [2.05, 4.69) is 19.8 Å². The van der Waals surface area contributed by atoms with Gasteiger partial charge in [0.1, 0.15) is 16.5 Å². The van der Waals surface area contributed by atoms with Crippen molar-refractivity contribution in [2.75, 3.05) is 29.8 Å². The Morgan fingerprint density at radius 2 is 1.71 bits per heavy atom. The molecule has 162 valence electrons. The molecule has 1 aromatic heterocycles. The normalized spacial score (nSPS) is 14.3. The second kappa shape index (κ2) is 8.89. The van der Waals surface area contributed by atoms with Crippen molar-refractivity contribution < 1.29 is 17.5 Å². The van der Waals surface area contributed by atoms with Crippen LogP contribution < -0.4 is 14.4 Å². The van der Waals surface area contributed by atoms with Gasteiger partial charge in [-0.1, -0.05) is 12.1 Å². The highest BCUT2D eigenvalue weighted by Gasteiger charge is 2.21. The highest BCUT2D eigenvalue weighted by Crippen LogP contribution is 2.28. The van der Waals surface area contributed by atoms with Crippen LogP contribution in [0.4, 0.5) is 15.9 Å². The predicted octanol–water partition coefficient (Wildman–Crippen LogP) is 4.08. The summed E-state index contributed by atoms with van der Waals surface area (Å²) in [5.41, 5.74) is 1.85. The first-order chi connectivity index (χ1) is 15.0. The van der Waals surface area contributed by atoms with Crippen LogP contribution in [0.1, 0.15) is 19.3 Å². The average Bonchev–Trinajstić information content (AvgIpc) is 2.80. The van der Waals surface area contributed by atoms with Crippen LogP contribution in [0.25, 0.3) is 11.3 Å². The SMILES string of the molecule is COc1ccc(F)cc1S(=O)(=O)Nc1ccc(-c2ccc(N3CCCCC3)nn2)cc1. The third kappa shape index (κ3) is 4.77. The van der Waals surface area contributed by atoms with Gasteiger partial charge in [0.15, 0.2) is 5.82 Å². The van der Waals surface area contributed by atoms with Crippen molar-refractivity contribution in [2.45, 2.75) is 24.2 Å². The highest BCUT2D eigenvalue weighted by atomic mass is 32.2. The summed E-state index contributed by atoms with van der Waals surface area (Å²) >= 11 is 0. The minimum absolute atomic E-state index is 0.0644. The van der Waals surface area contributed by atoms with Crippen molar-refractivity contribution in [3.63, 3.8) is 0 Å². The second-order valence-electron chi connectivity index (χ2n) is 7.30. The van der Waals surface area contributed by atoms with E-state index in [4.69, 9.17) is 4.74 Å². The lowest BCUT2D eigenvalue weighted by Gasteiger charge is -2.27. The number of ether oxygens (including phenoxy) is 1. The monoisotopic (exact) mass is 442 g/mol. The molecule has 9 heteroatoms. The lowest BCUT2D eigenvalue weighted by Crippen LogP contribution is -2.30. The Labute approximate surface area is 180 Å². The molecule has 7 nitrogen and oxygen atoms in total. The van der Waals surface area contributed by atoms with Crippen molar-refractivity contribution in [2.24, 2.45) is 0 Å². The van der Waals surface area contributed by atoms with E-state index in [0.29, 0.717) is 11.4 Å². The molecule has 0 saturated carbocycles. The molecule has 0 atom stereocenters. The van der Waals surface area contributed by atoms with Crippen LogP contribution in [0.2, 0.25) is 0 Å². The number of anilines is 2. The maximum atomic E-state index is 13.6. The van der Waals surface area contributed by atoms with Gasteiger partial charge < -0.3 is 9.64 Å². The molecule has 1 aliphatic heterocycles. The number of benzene rings is 2. The summed E-state index contributed by atoms with van der Waals surface area (Å²) in [7, 11) is -2.69. The summed E-state index contributed by atoms with van der Waals surface area (Å²) in [5, 5.41) is 8.66. The van der Waals surface area contributed by atoms with Crippen molar-refractivity contribution in [1.29, 1.82) is 0 Å². The molecule has 3 aromatic rings. The van der Waals surface area contributed by atoms with Gasteiger partial charge in [-0.15, -0.1) is 10.2 Å². The molecule has 1 saturated heterocycles. The van der Waals surface area contributed by atoms with Gasteiger partial charge in [-0.25, -0.2) is 12.8 Å². The van der Waals surface area contributed by atoms with Crippen LogP contribution in [0.3, 0.4) is 0 Å². The molecular formula is C22H23FN4O3S. The van der Waals surface area contributed by atoms with Gasteiger partial charge in [-0.05, 0) is 61.7 Å². The molecule has 1 fully saturated rings. The summed E-state index contributed by atoms with van der Waals surface area (Å²) in [6.45, 7) is 2.00. The summed E-state index contributed by atoms with van der Waals surface area (Å²) in [6, 6.07) is 14.0. The van der Waals surface area contributed by atoms with E-state index in [1.54, 1.807) is 24.3 Å². The second-order valence-corrected chi connectivity index (χ2v) is 8.95. The predicted molar refractivity (Wildman–Crippen MR) is 117 cm³/mol. The van der Waals surface area contributed by atoms with Crippen LogP contribution in [0.15, 0.2) is 59.5 Å². The van der Waals surface area contributed by atoms with Crippen LogP contribution in [0.5, 0.6) is 5.75 Å². The van der Waals surface area contributed by atoms with Gasteiger partial charge in [0.25, 0.3) is 10.0 Å². The first kappa shape index (κ1) is 21.0. The zero-order valence-electron chi connectivity index (χ0n) is 17.1. The molecule has 0 bridgehead atoms. The number of halogens is 1. The number of nitrogens with one attached hydrogen (secondary N) is 1. The lowest BCUT2D eigenvalue weighted by molar-refractivity contribution is 0.401. The van der Waals surface area contributed by atoms with E-state index >= 15 is 0 Å². The van der Waals surface area contributed by atoms with E-state index in [-0.39, 0.29) is 10.6 Å². The molecule has 1 N–H and O–H groups in total. The van der Waals surface area contributed by atoms with Crippen molar-refractivity contribution in [1.82, 2.24) is 10.2 Å². The summed E-state index contributed by atoms with van der Waals surface area (Å²) in [4.78, 5) is 1.97. The number of aromatic nitrogens is 2. The van der Waals surface area contributed by atoms with E-state index in [1.807, 2.05) is 12.1 Å². The third-order valence-corrected chi connectivity index (χ3v) is 6.58. The Hall–Kier alpha value is -3.20. The third-order valence-electron chi connectivity index (χ3n) is 5.18. The number of hydrogen-bond donors (Lipinski definition) is 1. The maximum Gasteiger partial charge on any atom is 0.265 e. The van der Waals surface area contributed by atoms with Crippen LogP contribution in [-0.2, 0) is 10.0 Å². The molecule has 0 spiro atoms. The largest absolute Gasteiger partial charge is 0.495 e. The molecule has 31 heavy (non-hydrogen) atoms. The van der Waals surface area contributed by atoms with Gasteiger partial charge in [0.05, 0.1) is 12.8 Å². The zero-order chi connectivity index (χ0) is 21.8. The maximum absolute atomic E-state index is 13.6. The van der Waals surface area contributed by atoms with E-state index in [9.17, 15) is 12.8 Å². The first-order valence-electron chi connectivity index (χ1n) is 10.0. The quantitative estimate of drug-likeness (QED) is 0.619. The number of hydrogen-bond acceptors (Lipinski definition) is 6. The molecule has 2 aromatic carbocycles. The minimum Gasteiger partial charge on any atom is -0.495 e. The van der Waals surface area contributed by atoms with Crippen LogP contribution >= 0.6 is 0 Å². The average molecular weight is 443 g/mol. The topological polar surface area (TPSA) is 84.4 Å². The minimum atomic E-state index is -4.02. The van der Waals surface area contributed by atoms with Gasteiger partial charge in [0.2, 0.25) is 0 Å². The first-order valence-corrected chi connectivity index (χ1v) is 11.5.